The number of pyridine rings is 2. The van der Waals surface area contributed by atoms with Gasteiger partial charge in [0.2, 0.25) is 11.3 Å². The van der Waals surface area contributed by atoms with Crippen LogP contribution in [0.15, 0.2) is 35.3 Å². The summed E-state index contributed by atoms with van der Waals surface area (Å²) >= 11 is 0. The van der Waals surface area contributed by atoms with E-state index < -0.39 is 60.8 Å². The van der Waals surface area contributed by atoms with E-state index in [0.717, 1.165) is 25.0 Å². The van der Waals surface area contributed by atoms with E-state index in [1.807, 2.05) is 0 Å². The maximum Gasteiger partial charge on any atom is 0.470 e. The highest BCUT2D eigenvalue weighted by atomic mass is 31.2. The minimum absolute atomic E-state index is 0.0300. The van der Waals surface area contributed by atoms with Crippen molar-refractivity contribution in [3.63, 3.8) is 0 Å². The van der Waals surface area contributed by atoms with Gasteiger partial charge < -0.3 is 39.2 Å². The fourth-order valence-electron chi connectivity index (χ4n) is 5.96. The zero-order valence-corrected chi connectivity index (χ0v) is 26.9. The molecule has 3 aliphatic rings. The standard InChI is InChI=1S/C30H32F2N5O11P/c1-16(38)33-12-19-13-37(29(42)47-19)18-4-5-24(22(31)10-18)46-15-30(48-49(43,44)45)6-8-35(9-7-30)27-23(32)11-20-25(39)21(28(40)41)14-36(17-2-3-17)26(20)34-27/h4-5,10-11,14,17,19H,2-3,6-9,12-13,15H2,1H3,(H,33,38)(H,40,41)(H2,43,44,45)/t19-/m0/s1. The number of hydrogen-bond donors (Lipinski definition) is 4. The van der Waals surface area contributed by atoms with Crippen LogP contribution in [-0.4, -0.2) is 86.9 Å². The van der Waals surface area contributed by atoms with Gasteiger partial charge in [-0.3, -0.25) is 19.0 Å². The minimum Gasteiger partial charge on any atom is -0.487 e. The number of phosphoric ester groups is 1. The number of ether oxygens (including phenoxy) is 2. The van der Waals surface area contributed by atoms with Gasteiger partial charge in [-0.25, -0.2) is 27.9 Å². The molecule has 1 aromatic carbocycles. The summed E-state index contributed by atoms with van der Waals surface area (Å²) in [5.41, 5.74) is -2.72. The van der Waals surface area contributed by atoms with Gasteiger partial charge in [-0.15, -0.1) is 0 Å². The van der Waals surface area contributed by atoms with Crippen LogP contribution < -0.4 is 25.3 Å². The summed E-state index contributed by atoms with van der Waals surface area (Å²) in [6.45, 7) is 0.898. The Hall–Kier alpha value is -4.64. The molecule has 2 amide bonds. The molecule has 2 aliphatic heterocycles. The number of amides is 2. The number of fused-ring (bicyclic) bond motifs is 1. The maximum absolute atomic E-state index is 15.4. The van der Waals surface area contributed by atoms with Gasteiger partial charge in [0, 0.05) is 38.3 Å². The lowest BCUT2D eigenvalue weighted by Crippen LogP contribution is -2.49. The van der Waals surface area contributed by atoms with E-state index in [1.54, 1.807) is 4.57 Å². The van der Waals surface area contributed by atoms with Gasteiger partial charge in [0.05, 0.1) is 24.2 Å². The highest BCUT2D eigenvalue weighted by Crippen LogP contribution is 2.46. The van der Waals surface area contributed by atoms with Crippen molar-refractivity contribution in [1.82, 2.24) is 14.9 Å². The predicted molar refractivity (Wildman–Crippen MR) is 167 cm³/mol. The van der Waals surface area contributed by atoms with Gasteiger partial charge in [-0.2, -0.15) is 0 Å². The molecule has 19 heteroatoms. The molecule has 3 fully saturated rings. The monoisotopic (exact) mass is 707 g/mol. The third-order valence-electron chi connectivity index (χ3n) is 8.57. The number of piperidine rings is 1. The largest absolute Gasteiger partial charge is 0.487 e. The number of aromatic nitrogens is 2. The Labute approximate surface area is 276 Å². The summed E-state index contributed by atoms with van der Waals surface area (Å²) in [4.78, 5) is 74.5. The van der Waals surface area contributed by atoms with Crippen LogP contribution >= 0.6 is 7.82 Å². The smallest absolute Gasteiger partial charge is 0.470 e. The third-order valence-corrected chi connectivity index (χ3v) is 9.19. The first-order chi connectivity index (χ1) is 23.1. The van der Waals surface area contributed by atoms with Crippen LogP contribution in [-0.2, 0) is 18.6 Å². The van der Waals surface area contributed by atoms with Crippen molar-refractivity contribution in [1.29, 1.82) is 0 Å². The number of benzene rings is 1. The summed E-state index contributed by atoms with van der Waals surface area (Å²) in [7, 11) is -5.10. The normalized spacial score (nSPS) is 19.2. The van der Waals surface area contributed by atoms with Gasteiger partial charge in [0.25, 0.3) is 0 Å². The molecule has 0 unspecified atom stereocenters. The first-order valence-electron chi connectivity index (χ1n) is 15.3. The van der Waals surface area contributed by atoms with Crippen molar-refractivity contribution in [2.75, 3.05) is 42.6 Å². The van der Waals surface area contributed by atoms with Crippen molar-refractivity contribution in [2.45, 2.75) is 50.4 Å². The molecule has 3 aromatic rings. The summed E-state index contributed by atoms with van der Waals surface area (Å²) in [6, 6.07) is 4.52. The second-order valence-corrected chi connectivity index (χ2v) is 13.4. The molecule has 4 heterocycles. The summed E-state index contributed by atoms with van der Waals surface area (Å²) in [5.74, 6) is -3.94. The molecule has 6 rings (SSSR count). The van der Waals surface area contributed by atoms with Crippen LogP contribution in [0.25, 0.3) is 11.0 Å². The molecular weight excluding hydrogens is 675 g/mol. The van der Waals surface area contributed by atoms with E-state index in [4.69, 9.17) is 14.0 Å². The van der Waals surface area contributed by atoms with Gasteiger partial charge in [0.1, 0.15) is 29.5 Å². The quantitative estimate of drug-likeness (QED) is 0.212. The molecule has 49 heavy (non-hydrogen) atoms. The van der Waals surface area contributed by atoms with Gasteiger partial charge in [-0.1, -0.05) is 0 Å². The highest BCUT2D eigenvalue weighted by molar-refractivity contribution is 7.46. The van der Waals surface area contributed by atoms with Crippen molar-refractivity contribution in [3.05, 3.63) is 57.9 Å². The van der Waals surface area contributed by atoms with E-state index in [2.05, 4.69) is 10.3 Å². The van der Waals surface area contributed by atoms with E-state index in [0.29, 0.717) is 0 Å². The Balaban J connectivity index is 1.18. The fraction of sp³-hybridized carbons (Fsp3) is 0.433. The second kappa shape index (κ2) is 13.0. The Morgan fingerprint density at radius 3 is 2.47 bits per heavy atom. The molecule has 0 bridgehead atoms. The zero-order valence-electron chi connectivity index (χ0n) is 26.0. The SMILES string of the molecule is CC(=O)NC[C@H]1CN(c2ccc(OCC3(OP(=O)(O)O)CCN(c4nc5c(cc4F)c(=O)c(C(=O)O)cn5C4CC4)CC3)c(F)c2)C(=O)O1. The number of aromatic carboxylic acids is 1. The predicted octanol–water partition coefficient (Wildman–Crippen LogP) is 2.70. The molecule has 262 valence electrons. The zero-order chi connectivity index (χ0) is 35.2. The topological polar surface area (TPSA) is 210 Å². The average Bonchev–Trinajstić information content (AvgIpc) is 3.80. The molecule has 1 saturated carbocycles. The lowest BCUT2D eigenvalue weighted by molar-refractivity contribution is -0.119. The number of anilines is 2. The van der Waals surface area contributed by atoms with Crippen molar-refractivity contribution in [3.8, 4) is 5.75 Å². The molecule has 2 aromatic heterocycles. The molecule has 0 radical (unpaired) electrons. The Bertz CT molecular complexity index is 1940. The Morgan fingerprint density at radius 1 is 1.14 bits per heavy atom. The van der Waals surface area contributed by atoms with Crippen molar-refractivity contribution in [2.24, 2.45) is 0 Å². The van der Waals surface area contributed by atoms with E-state index in [9.17, 15) is 38.6 Å². The third kappa shape index (κ3) is 7.36. The lowest BCUT2D eigenvalue weighted by atomic mass is 9.92. The number of cyclic esters (lactones) is 1. The minimum atomic E-state index is -5.10. The average molecular weight is 708 g/mol. The first kappa shape index (κ1) is 34.2. The maximum atomic E-state index is 15.4. The molecule has 2 saturated heterocycles. The van der Waals surface area contributed by atoms with Crippen LogP contribution in [0.2, 0.25) is 0 Å². The Kier molecular flexibility index (Phi) is 9.08. The number of carboxylic acids is 1. The Morgan fingerprint density at radius 2 is 1.86 bits per heavy atom. The second-order valence-electron chi connectivity index (χ2n) is 12.2. The number of halogens is 2. The van der Waals surface area contributed by atoms with Crippen molar-refractivity contribution < 1.29 is 56.6 Å². The lowest BCUT2D eigenvalue weighted by Gasteiger charge is -2.41. The van der Waals surface area contributed by atoms with Crippen LogP contribution in [0.5, 0.6) is 5.75 Å². The van der Waals surface area contributed by atoms with Gasteiger partial charge in [-0.05, 0) is 43.9 Å². The number of nitrogens with one attached hydrogen (secondary N) is 1. The summed E-state index contributed by atoms with van der Waals surface area (Å²) < 4.78 is 60.2. The highest BCUT2D eigenvalue weighted by Gasteiger charge is 2.43. The number of carboxylic acid groups (broad SMARTS) is 1. The number of rotatable bonds is 11. The van der Waals surface area contributed by atoms with Crippen LogP contribution in [0.1, 0.15) is 49.0 Å². The first-order valence-corrected chi connectivity index (χ1v) is 16.8. The van der Waals surface area contributed by atoms with E-state index in [-0.39, 0.29) is 79.3 Å². The summed E-state index contributed by atoms with van der Waals surface area (Å²) in [5, 5.41) is 11.8. The summed E-state index contributed by atoms with van der Waals surface area (Å²) in [6.07, 6.45) is 1.07. The number of nitrogens with zero attached hydrogens (tertiary/aromatic N) is 4. The number of carbonyl (C=O) groups is 3. The number of carbonyl (C=O) groups excluding carboxylic acids is 2. The van der Waals surface area contributed by atoms with Crippen molar-refractivity contribution >= 4 is 48.3 Å². The van der Waals surface area contributed by atoms with Crippen LogP contribution in [0, 0.1) is 11.6 Å². The van der Waals surface area contributed by atoms with Crippen LogP contribution in [0.4, 0.5) is 25.1 Å². The number of phosphoric acid groups is 1. The van der Waals surface area contributed by atoms with Crippen LogP contribution in [0.3, 0.4) is 0 Å². The van der Waals surface area contributed by atoms with E-state index in [1.165, 1.54) is 35.1 Å². The fourth-order valence-corrected chi connectivity index (χ4v) is 6.70. The number of hydrogen-bond acceptors (Lipinski definition) is 10. The van der Waals surface area contributed by atoms with Gasteiger partial charge >= 0.3 is 19.9 Å². The molecular formula is C30H32F2N5O11P. The molecule has 1 aliphatic carbocycles. The molecule has 1 atom stereocenters. The van der Waals surface area contributed by atoms with Gasteiger partial charge in [0.15, 0.2) is 23.2 Å². The molecule has 4 N–H and O–H groups in total. The molecule has 0 spiro atoms. The molecule has 16 nitrogen and oxygen atoms in total. The van der Waals surface area contributed by atoms with E-state index >= 15 is 8.78 Å².